The Balaban J connectivity index is 2.24. The second-order valence-corrected chi connectivity index (χ2v) is 2.89. The van der Waals surface area contributed by atoms with Crippen LogP contribution in [-0.2, 0) is 0 Å². The maximum absolute atomic E-state index is 5.45. The summed E-state index contributed by atoms with van der Waals surface area (Å²) in [7, 11) is 2.98. The van der Waals surface area contributed by atoms with Crippen LogP contribution in [0.1, 0.15) is 0 Å². The molecule has 1 aliphatic rings. The van der Waals surface area contributed by atoms with Crippen LogP contribution < -0.4 is 14.7 Å². The number of nitrogens with one attached hydrogen (secondary N) is 1. The van der Waals surface area contributed by atoms with Crippen molar-refractivity contribution in [3.05, 3.63) is 18.2 Å². The van der Waals surface area contributed by atoms with Crippen LogP contribution in [0, 0.1) is 0 Å². The number of ether oxygens (including phenoxy) is 2. The third-order valence-electron chi connectivity index (χ3n) is 1.92. The van der Waals surface area contributed by atoms with Crippen LogP contribution in [0.15, 0.2) is 18.2 Å². The molecule has 1 heterocycles. The van der Waals surface area contributed by atoms with Gasteiger partial charge in [-0.2, -0.15) is 0 Å². The summed E-state index contributed by atoms with van der Waals surface area (Å²) in [5.41, 5.74) is 1.08. The fourth-order valence-electron chi connectivity index (χ4n) is 1.36. The summed E-state index contributed by atoms with van der Waals surface area (Å²) in [6, 6.07) is 5.90. The minimum absolute atomic E-state index is 0.641. The fraction of sp³-hybridized carbons (Fsp3) is 0.250. The lowest BCUT2D eigenvalue weighted by molar-refractivity contribution is 0.171. The Hall–Kier alpha value is -1.25. The van der Waals surface area contributed by atoms with Gasteiger partial charge < -0.3 is 14.7 Å². The zero-order valence-electron chi connectivity index (χ0n) is 7.67. The first-order valence-electron chi connectivity index (χ1n) is 4.53. The average Bonchev–Trinajstić information content (AvgIpc) is 2.18. The van der Waals surface area contributed by atoms with E-state index < -0.39 is 0 Å². The van der Waals surface area contributed by atoms with Crippen molar-refractivity contribution in [1.82, 2.24) is 0 Å². The Labute approximate surface area is 79.1 Å². The third-order valence-corrected chi connectivity index (χ3v) is 1.92. The second-order valence-electron chi connectivity index (χ2n) is 2.89. The molecule has 0 aromatic heterocycles. The Morgan fingerprint density at radius 3 is 2.77 bits per heavy atom. The molecule has 0 amide bonds. The molecule has 0 unspecified atom stereocenters. The zero-order valence-corrected chi connectivity index (χ0v) is 7.67. The monoisotopic (exact) mass is 175 g/mol. The highest BCUT2D eigenvalue weighted by Crippen LogP contribution is 2.32. The molecular weight excluding hydrogens is 164 g/mol. The normalized spacial score (nSPS) is 13.5. The van der Waals surface area contributed by atoms with Crippen LogP contribution in [0.25, 0.3) is 0 Å². The smallest absolute Gasteiger partial charge is 0.188 e. The van der Waals surface area contributed by atoms with E-state index in [1.165, 1.54) is 0 Å². The predicted molar refractivity (Wildman–Crippen MR) is 56.7 cm³/mol. The summed E-state index contributed by atoms with van der Waals surface area (Å²) >= 11 is 0. The van der Waals surface area contributed by atoms with Crippen molar-refractivity contribution in [3.63, 3.8) is 0 Å². The number of hydrogen-bond donors (Lipinski definition) is 1. The van der Waals surface area contributed by atoms with Crippen LogP contribution in [0.5, 0.6) is 11.5 Å². The van der Waals surface area contributed by atoms with Gasteiger partial charge in [-0.05, 0) is 12.1 Å². The van der Waals surface area contributed by atoms with Gasteiger partial charge in [0.15, 0.2) is 18.8 Å². The predicted octanol–water partition coefficient (Wildman–Crippen LogP) is -0.231. The van der Waals surface area contributed by atoms with Crippen LogP contribution >= 0.6 is 0 Å². The molecule has 0 saturated carbocycles. The van der Waals surface area contributed by atoms with E-state index in [4.69, 9.17) is 9.47 Å². The molecule has 0 bridgehead atoms. The first-order chi connectivity index (χ1) is 6.40. The molecule has 1 aromatic rings. The molecule has 1 aliphatic heterocycles. The molecule has 0 spiro atoms. The SMILES string of the molecule is BBNc1ccc2c(c1)OCCO2. The Bertz CT molecular complexity index is 306. The molecule has 66 valence electrons. The lowest BCUT2D eigenvalue weighted by Crippen LogP contribution is -2.15. The lowest BCUT2D eigenvalue weighted by atomic mass is 9.67. The van der Waals surface area contributed by atoms with Gasteiger partial charge in [-0.1, -0.05) is 0 Å². The summed E-state index contributed by atoms with van der Waals surface area (Å²) in [5.74, 6) is 1.68. The summed E-state index contributed by atoms with van der Waals surface area (Å²) in [6.07, 6.45) is 0. The highest BCUT2D eigenvalue weighted by Gasteiger charge is 2.10. The van der Waals surface area contributed by atoms with Crippen molar-refractivity contribution in [2.75, 3.05) is 18.4 Å². The van der Waals surface area contributed by atoms with Crippen LogP contribution in [-0.4, -0.2) is 28.3 Å². The first-order valence-corrected chi connectivity index (χ1v) is 4.53. The van der Waals surface area contributed by atoms with E-state index in [-0.39, 0.29) is 0 Å². The maximum atomic E-state index is 5.45. The number of anilines is 1. The quantitative estimate of drug-likeness (QED) is 0.629. The molecule has 2 rings (SSSR count). The van der Waals surface area contributed by atoms with Gasteiger partial charge in [0.25, 0.3) is 0 Å². The molecule has 0 fully saturated rings. The number of rotatable bonds is 2. The molecule has 13 heavy (non-hydrogen) atoms. The molecule has 0 radical (unpaired) electrons. The van der Waals surface area contributed by atoms with Gasteiger partial charge in [0.2, 0.25) is 0 Å². The van der Waals surface area contributed by atoms with E-state index in [1.807, 2.05) is 18.2 Å². The van der Waals surface area contributed by atoms with E-state index in [0.29, 0.717) is 13.2 Å². The lowest BCUT2D eigenvalue weighted by Gasteiger charge is -2.18. The largest absolute Gasteiger partial charge is 0.486 e. The molecular formula is C8H11B2NO2. The highest BCUT2D eigenvalue weighted by atomic mass is 16.6. The van der Waals surface area contributed by atoms with Gasteiger partial charge in [-0.25, -0.2) is 0 Å². The van der Waals surface area contributed by atoms with Gasteiger partial charge in [0, 0.05) is 11.8 Å². The molecule has 1 aromatic carbocycles. The Kier molecular flexibility index (Phi) is 2.34. The van der Waals surface area contributed by atoms with Crippen LogP contribution in [0.3, 0.4) is 0 Å². The van der Waals surface area contributed by atoms with Gasteiger partial charge >= 0.3 is 0 Å². The molecule has 0 aliphatic carbocycles. The fourth-order valence-corrected chi connectivity index (χ4v) is 1.36. The third kappa shape index (κ3) is 1.74. The van der Waals surface area contributed by atoms with Crippen molar-refractivity contribution in [1.29, 1.82) is 0 Å². The standard InChI is InChI=1S/C8H11B2NO2/c9-10-11-6-1-2-7-8(5-6)13-4-3-12-7/h1-2,5,10-11H,3-4,9H2. The summed E-state index contributed by atoms with van der Waals surface area (Å²) in [4.78, 5) is 0. The highest BCUT2D eigenvalue weighted by molar-refractivity contribution is 6.91. The average molecular weight is 175 g/mol. The summed E-state index contributed by atoms with van der Waals surface area (Å²) < 4.78 is 10.8. The molecule has 5 heteroatoms. The first kappa shape index (κ1) is 8.35. The summed E-state index contributed by atoms with van der Waals surface area (Å²) in [5, 5.41) is 3.22. The molecule has 3 nitrogen and oxygen atoms in total. The van der Waals surface area contributed by atoms with Crippen molar-refractivity contribution in [2.45, 2.75) is 0 Å². The topological polar surface area (TPSA) is 30.5 Å². The maximum Gasteiger partial charge on any atom is 0.188 e. The molecule has 0 saturated heterocycles. The molecule has 0 atom stereocenters. The van der Waals surface area contributed by atoms with E-state index in [9.17, 15) is 0 Å². The van der Waals surface area contributed by atoms with Gasteiger partial charge in [0.05, 0.1) is 7.74 Å². The van der Waals surface area contributed by atoms with Gasteiger partial charge in [-0.15, -0.1) is 0 Å². The number of fused-ring (bicyclic) bond motifs is 1. The number of benzene rings is 1. The van der Waals surface area contributed by atoms with Crippen LogP contribution in [0.2, 0.25) is 0 Å². The Morgan fingerprint density at radius 2 is 2.00 bits per heavy atom. The van der Waals surface area contributed by atoms with Gasteiger partial charge in [0.1, 0.15) is 13.2 Å². The molecule has 1 N–H and O–H groups in total. The number of hydrogen-bond acceptors (Lipinski definition) is 3. The zero-order chi connectivity index (χ0) is 9.10. The van der Waals surface area contributed by atoms with E-state index in [0.717, 1.165) is 24.5 Å². The van der Waals surface area contributed by atoms with Crippen LogP contribution in [0.4, 0.5) is 5.69 Å². The minimum Gasteiger partial charge on any atom is -0.486 e. The van der Waals surface area contributed by atoms with Crippen molar-refractivity contribution in [3.8, 4) is 11.5 Å². The minimum atomic E-state index is 0.641. The van der Waals surface area contributed by atoms with E-state index in [1.54, 1.807) is 0 Å². The second kappa shape index (κ2) is 3.64. The van der Waals surface area contributed by atoms with Crippen molar-refractivity contribution in [2.24, 2.45) is 0 Å². The van der Waals surface area contributed by atoms with Crippen molar-refractivity contribution >= 4 is 20.7 Å². The summed E-state index contributed by atoms with van der Waals surface area (Å²) in [6.45, 7) is 1.29. The Morgan fingerprint density at radius 1 is 1.23 bits per heavy atom. The van der Waals surface area contributed by atoms with E-state index >= 15 is 0 Å². The van der Waals surface area contributed by atoms with E-state index in [2.05, 4.69) is 13.0 Å². The van der Waals surface area contributed by atoms with Gasteiger partial charge in [-0.3, -0.25) is 0 Å². The van der Waals surface area contributed by atoms with Crippen molar-refractivity contribution < 1.29 is 9.47 Å².